The first kappa shape index (κ1) is 22.9. The second-order valence-corrected chi connectivity index (χ2v) is 7.10. The molecule has 0 bridgehead atoms. The molecular weight excluding hydrogens is 425 g/mol. The van der Waals surface area contributed by atoms with E-state index in [9.17, 15) is 23.1 Å². The number of nitrogens with zero attached hydrogens (tertiary/aromatic N) is 4. The van der Waals surface area contributed by atoms with Gasteiger partial charge in [-0.15, -0.1) is 0 Å². The van der Waals surface area contributed by atoms with Crippen molar-refractivity contribution in [2.75, 3.05) is 10.6 Å². The van der Waals surface area contributed by atoms with Crippen molar-refractivity contribution < 1.29 is 23.1 Å². The minimum absolute atomic E-state index is 0.178. The van der Waals surface area contributed by atoms with Gasteiger partial charge in [-0.1, -0.05) is 19.4 Å². The number of rotatable bonds is 8. The molecule has 0 unspecified atom stereocenters. The van der Waals surface area contributed by atoms with E-state index in [0.717, 1.165) is 23.4 Å². The minimum atomic E-state index is -4.57. The Kier molecular flexibility index (Phi) is 6.86. The largest absolute Gasteiger partial charge is 0.480 e. The number of anilines is 3. The summed E-state index contributed by atoms with van der Waals surface area (Å²) in [6.45, 7) is 3.72. The second kappa shape index (κ2) is 9.58. The van der Waals surface area contributed by atoms with Crippen LogP contribution in [0.4, 0.5) is 30.8 Å². The molecule has 0 saturated heterocycles. The van der Waals surface area contributed by atoms with Crippen LogP contribution in [0, 0.1) is 6.92 Å². The van der Waals surface area contributed by atoms with Crippen LogP contribution in [0.5, 0.6) is 0 Å². The highest BCUT2D eigenvalue weighted by molar-refractivity contribution is 5.76. The summed E-state index contributed by atoms with van der Waals surface area (Å²) >= 11 is 0. The number of benzene rings is 1. The number of hydrogen-bond acceptors (Lipinski definition) is 7. The number of aryl methyl sites for hydroxylation is 1. The first-order valence-electron chi connectivity index (χ1n) is 9.76. The molecule has 0 aliphatic rings. The van der Waals surface area contributed by atoms with E-state index in [2.05, 4.69) is 30.6 Å². The Bertz CT molecular complexity index is 1090. The molecule has 2 aromatic heterocycles. The van der Waals surface area contributed by atoms with Gasteiger partial charge < -0.3 is 15.7 Å². The van der Waals surface area contributed by atoms with Gasteiger partial charge in [0.2, 0.25) is 11.9 Å². The smallest absolute Gasteiger partial charge is 0.433 e. The lowest BCUT2D eigenvalue weighted by Crippen LogP contribution is -2.29. The summed E-state index contributed by atoms with van der Waals surface area (Å²) < 4.78 is 38.7. The number of aromatic nitrogens is 4. The fraction of sp³-hybridized carbons (Fsp3) is 0.286. The molecule has 0 aliphatic heterocycles. The van der Waals surface area contributed by atoms with Gasteiger partial charge in [0.05, 0.1) is 0 Å². The van der Waals surface area contributed by atoms with Gasteiger partial charge in [-0.2, -0.15) is 13.2 Å². The quantitative estimate of drug-likeness (QED) is 0.458. The van der Waals surface area contributed by atoms with E-state index in [1.807, 2.05) is 19.9 Å². The number of aliphatic carboxylic acids is 1. The molecule has 168 valence electrons. The van der Waals surface area contributed by atoms with Crippen LogP contribution in [0.3, 0.4) is 0 Å². The first-order valence-corrected chi connectivity index (χ1v) is 9.76. The van der Waals surface area contributed by atoms with Crippen molar-refractivity contribution in [3.8, 4) is 11.1 Å². The Morgan fingerprint density at radius 3 is 2.44 bits per heavy atom. The third-order valence-corrected chi connectivity index (χ3v) is 4.44. The fourth-order valence-corrected chi connectivity index (χ4v) is 2.98. The molecule has 0 aliphatic carbocycles. The maximum absolute atomic E-state index is 12.9. The Labute approximate surface area is 182 Å². The van der Waals surface area contributed by atoms with Crippen molar-refractivity contribution in [3.63, 3.8) is 0 Å². The summed E-state index contributed by atoms with van der Waals surface area (Å²) in [7, 11) is 0. The zero-order valence-corrected chi connectivity index (χ0v) is 17.3. The summed E-state index contributed by atoms with van der Waals surface area (Å²) in [5.74, 6) is -0.966. The number of hydrogen-bond donors (Lipinski definition) is 3. The van der Waals surface area contributed by atoms with Crippen molar-refractivity contribution in [2.45, 2.75) is 38.9 Å². The number of carboxylic acids is 1. The average molecular weight is 446 g/mol. The van der Waals surface area contributed by atoms with Gasteiger partial charge in [0.15, 0.2) is 0 Å². The summed E-state index contributed by atoms with van der Waals surface area (Å²) in [4.78, 5) is 27.0. The standard InChI is InChI=1S/C21H21F3N6O2/c1-3-4-16(18(31)32)29-19-26-10-14(11-27-19)13-7-12(2)8-15(9-13)28-20-25-6-5-17(30-20)21(22,23)24/h5-11,16H,3-4H2,1-2H3,(H,31,32)(H,25,28,30)(H,26,27,29)/t16-/m0/s1. The van der Waals surface area contributed by atoms with E-state index in [-0.39, 0.29) is 11.9 Å². The average Bonchev–Trinajstić information content (AvgIpc) is 2.73. The van der Waals surface area contributed by atoms with Crippen LogP contribution in [0.25, 0.3) is 11.1 Å². The molecule has 0 spiro atoms. The number of carboxylic acid groups (broad SMARTS) is 1. The number of carbonyl (C=O) groups is 1. The van der Waals surface area contributed by atoms with E-state index in [1.165, 1.54) is 0 Å². The van der Waals surface area contributed by atoms with Crippen molar-refractivity contribution in [3.05, 3.63) is 54.1 Å². The van der Waals surface area contributed by atoms with Gasteiger partial charge in [0, 0.05) is 29.8 Å². The lowest BCUT2D eigenvalue weighted by Gasteiger charge is -2.14. The predicted octanol–water partition coefficient (Wildman–Crippen LogP) is 4.67. The summed E-state index contributed by atoms with van der Waals surface area (Å²) in [6.07, 6.45) is 0.680. The maximum atomic E-state index is 12.9. The molecule has 11 heteroatoms. The normalized spacial score (nSPS) is 12.3. The molecule has 2 heterocycles. The maximum Gasteiger partial charge on any atom is 0.433 e. The zero-order chi connectivity index (χ0) is 23.3. The van der Waals surface area contributed by atoms with Gasteiger partial charge in [-0.05, 0) is 42.7 Å². The molecule has 1 aromatic carbocycles. The lowest BCUT2D eigenvalue weighted by atomic mass is 10.1. The molecule has 0 fully saturated rings. The van der Waals surface area contributed by atoms with E-state index in [1.54, 1.807) is 24.5 Å². The Hall–Kier alpha value is -3.76. The van der Waals surface area contributed by atoms with Crippen LogP contribution in [-0.2, 0) is 11.0 Å². The molecular formula is C21H21F3N6O2. The number of alkyl halides is 3. The summed E-state index contributed by atoms with van der Waals surface area (Å²) in [6, 6.07) is 5.33. The van der Waals surface area contributed by atoms with Crippen LogP contribution in [0.15, 0.2) is 42.9 Å². The van der Waals surface area contributed by atoms with Gasteiger partial charge in [-0.3, -0.25) is 0 Å². The summed E-state index contributed by atoms with van der Waals surface area (Å²) in [5.41, 5.74) is 1.66. The Morgan fingerprint density at radius 2 is 1.81 bits per heavy atom. The molecule has 8 nitrogen and oxygen atoms in total. The lowest BCUT2D eigenvalue weighted by molar-refractivity contribution is -0.141. The first-order chi connectivity index (χ1) is 15.2. The molecule has 3 aromatic rings. The second-order valence-electron chi connectivity index (χ2n) is 7.10. The van der Waals surface area contributed by atoms with Crippen molar-refractivity contribution in [1.29, 1.82) is 0 Å². The van der Waals surface area contributed by atoms with Gasteiger partial charge >= 0.3 is 12.1 Å². The van der Waals surface area contributed by atoms with Crippen LogP contribution in [0.2, 0.25) is 0 Å². The fourth-order valence-electron chi connectivity index (χ4n) is 2.98. The molecule has 1 atom stereocenters. The predicted molar refractivity (Wildman–Crippen MR) is 112 cm³/mol. The van der Waals surface area contributed by atoms with Gasteiger partial charge in [0.1, 0.15) is 11.7 Å². The van der Waals surface area contributed by atoms with Crippen LogP contribution >= 0.6 is 0 Å². The van der Waals surface area contributed by atoms with Gasteiger partial charge in [-0.25, -0.2) is 24.7 Å². The van der Waals surface area contributed by atoms with E-state index in [0.29, 0.717) is 24.1 Å². The van der Waals surface area contributed by atoms with E-state index < -0.39 is 23.9 Å². The number of halogens is 3. The number of nitrogens with one attached hydrogen (secondary N) is 2. The molecule has 3 rings (SSSR count). The zero-order valence-electron chi connectivity index (χ0n) is 17.3. The van der Waals surface area contributed by atoms with Crippen LogP contribution in [0.1, 0.15) is 31.0 Å². The third kappa shape index (κ3) is 5.90. The molecule has 0 radical (unpaired) electrons. The Morgan fingerprint density at radius 1 is 1.09 bits per heavy atom. The van der Waals surface area contributed by atoms with E-state index in [4.69, 9.17) is 0 Å². The highest BCUT2D eigenvalue weighted by Gasteiger charge is 2.32. The van der Waals surface area contributed by atoms with Crippen molar-refractivity contribution in [1.82, 2.24) is 19.9 Å². The minimum Gasteiger partial charge on any atom is -0.480 e. The third-order valence-electron chi connectivity index (χ3n) is 4.44. The molecule has 0 saturated carbocycles. The van der Waals surface area contributed by atoms with Crippen molar-refractivity contribution in [2.24, 2.45) is 0 Å². The molecule has 3 N–H and O–H groups in total. The highest BCUT2D eigenvalue weighted by atomic mass is 19.4. The summed E-state index contributed by atoms with van der Waals surface area (Å²) in [5, 5.41) is 14.8. The van der Waals surface area contributed by atoms with Crippen molar-refractivity contribution >= 4 is 23.6 Å². The SMILES string of the molecule is CCC[C@H](Nc1ncc(-c2cc(C)cc(Nc3nccc(C(F)(F)F)n3)c2)cn1)C(=O)O. The Balaban J connectivity index is 1.81. The molecule has 32 heavy (non-hydrogen) atoms. The van der Waals surface area contributed by atoms with Gasteiger partial charge in [0.25, 0.3) is 0 Å². The highest BCUT2D eigenvalue weighted by Crippen LogP contribution is 2.29. The topological polar surface area (TPSA) is 113 Å². The van der Waals surface area contributed by atoms with Crippen LogP contribution in [-0.4, -0.2) is 37.1 Å². The van der Waals surface area contributed by atoms with E-state index >= 15 is 0 Å². The van der Waals surface area contributed by atoms with Crippen LogP contribution < -0.4 is 10.6 Å². The monoisotopic (exact) mass is 446 g/mol. The molecule has 0 amide bonds.